The molecule has 2 aliphatic rings. The zero-order valence-corrected chi connectivity index (χ0v) is 9.69. The topological polar surface area (TPSA) is 57.6 Å². The van der Waals surface area contributed by atoms with Gasteiger partial charge in [0.1, 0.15) is 5.78 Å². The molecule has 4 nitrogen and oxygen atoms in total. The third-order valence-electron chi connectivity index (χ3n) is 3.86. The van der Waals surface area contributed by atoms with Crippen LogP contribution in [0.1, 0.15) is 32.6 Å². The number of hydrogen-bond donors (Lipinski definition) is 1. The van der Waals surface area contributed by atoms with Gasteiger partial charge in [0.25, 0.3) is 0 Å². The first kappa shape index (κ1) is 11.6. The van der Waals surface area contributed by atoms with Crippen LogP contribution in [-0.2, 0) is 9.59 Å². The minimum Gasteiger partial charge on any atom is -0.393 e. The summed E-state index contributed by atoms with van der Waals surface area (Å²) in [4.78, 5) is 24.4. The number of carbonyl (C=O) groups is 2. The Kier molecular flexibility index (Phi) is 3.28. The number of fused-ring (bicyclic) bond motifs is 1. The number of amides is 1. The lowest BCUT2D eigenvalue weighted by Gasteiger charge is -2.18. The molecule has 0 aromatic carbocycles. The Labute approximate surface area is 95.6 Å². The minimum atomic E-state index is -0.226. The first-order valence-corrected chi connectivity index (χ1v) is 6.03. The van der Waals surface area contributed by atoms with Gasteiger partial charge in [0, 0.05) is 31.8 Å². The molecule has 0 aromatic rings. The molecular weight excluding hydrogens is 206 g/mol. The fourth-order valence-corrected chi connectivity index (χ4v) is 2.88. The highest BCUT2D eigenvalue weighted by molar-refractivity contribution is 5.83. The zero-order valence-electron chi connectivity index (χ0n) is 9.69. The van der Waals surface area contributed by atoms with E-state index in [0.717, 1.165) is 19.4 Å². The SMILES string of the molecule is CC(=O)CCC(=O)N1CC2CCC(O)C2C1. The molecule has 2 fully saturated rings. The summed E-state index contributed by atoms with van der Waals surface area (Å²) >= 11 is 0. The summed E-state index contributed by atoms with van der Waals surface area (Å²) in [7, 11) is 0. The summed E-state index contributed by atoms with van der Waals surface area (Å²) in [6.07, 6.45) is 2.35. The number of ketones is 1. The predicted octanol–water partition coefficient (Wildman–Crippen LogP) is 0.585. The summed E-state index contributed by atoms with van der Waals surface area (Å²) < 4.78 is 0. The largest absolute Gasteiger partial charge is 0.393 e. The van der Waals surface area contributed by atoms with Crippen LogP contribution in [0.15, 0.2) is 0 Å². The van der Waals surface area contributed by atoms with Crippen LogP contribution in [-0.4, -0.2) is 40.9 Å². The Morgan fingerprint density at radius 3 is 2.62 bits per heavy atom. The first-order valence-electron chi connectivity index (χ1n) is 6.03. The van der Waals surface area contributed by atoms with Gasteiger partial charge in [-0.1, -0.05) is 0 Å². The lowest BCUT2D eigenvalue weighted by atomic mass is 10.00. The van der Waals surface area contributed by atoms with E-state index >= 15 is 0 Å². The molecule has 0 radical (unpaired) electrons. The van der Waals surface area contributed by atoms with Crippen molar-refractivity contribution in [1.29, 1.82) is 0 Å². The molecular formula is C12H19NO3. The summed E-state index contributed by atoms with van der Waals surface area (Å²) in [5.74, 6) is 0.891. The van der Waals surface area contributed by atoms with Crippen LogP contribution in [0.4, 0.5) is 0 Å². The molecule has 1 N–H and O–H groups in total. The Morgan fingerprint density at radius 1 is 1.25 bits per heavy atom. The minimum absolute atomic E-state index is 0.0628. The van der Waals surface area contributed by atoms with Crippen molar-refractivity contribution < 1.29 is 14.7 Å². The van der Waals surface area contributed by atoms with Crippen LogP contribution in [0, 0.1) is 11.8 Å². The maximum Gasteiger partial charge on any atom is 0.223 e. The number of likely N-dealkylation sites (tertiary alicyclic amines) is 1. The van der Waals surface area contributed by atoms with Gasteiger partial charge in [-0.2, -0.15) is 0 Å². The van der Waals surface area contributed by atoms with Gasteiger partial charge in [-0.3, -0.25) is 4.79 Å². The molecule has 1 amide bonds. The predicted molar refractivity (Wildman–Crippen MR) is 58.7 cm³/mol. The molecule has 3 unspecified atom stereocenters. The quantitative estimate of drug-likeness (QED) is 0.764. The molecule has 2 rings (SSSR count). The van der Waals surface area contributed by atoms with Gasteiger partial charge in [0.2, 0.25) is 5.91 Å². The van der Waals surface area contributed by atoms with Crippen LogP contribution in [0.3, 0.4) is 0 Å². The van der Waals surface area contributed by atoms with E-state index in [-0.39, 0.29) is 23.7 Å². The van der Waals surface area contributed by atoms with Crippen LogP contribution in [0.5, 0.6) is 0 Å². The maximum absolute atomic E-state index is 11.8. The monoisotopic (exact) mass is 225 g/mol. The van der Waals surface area contributed by atoms with Crippen LogP contribution < -0.4 is 0 Å². The van der Waals surface area contributed by atoms with Crippen molar-refractivity contribution in [3.63, 3.8) is 0 Å². The molecule has 0 spiro atoms. The normalized spacial score (nSPS) is 32.9. The molecule has 16 heavy (non-hydrogen) atoms. The van der Waals surface area contributed by atoms with E-state index in [1.165, 1.54) is 6.92 Å². The molecule has 1 saturated heterocycles. The standard InChI is InChI=1S/C12H19NO3/c1-8(14)2-5-12(16)13-6-9-3-4-11(15)10(9)7-13/h9-11,15H,2-7H2,1H3. The second kappa shape index (κ2) is 4.53. The van der Waals surface area contributed by atoms with Crippen molar-refractivity contribution in [2.45, 2.75) is 38.7 Å². The van der Waals surface area contributed by atoms with Crippen LogP contribution >= 0.6 is 0 Å². The fraction of sp³-hybridized carbons (Fsp3) is 0.833. The fourth-order valence-electron chi connectivity index (χ4n) is 2.88. The zero-order chi connectivity index (χ0) is 11.7. The third-order valence-corrected chi connectivity index (χ3v) is 3.86. The highest BCUT2D eigenvalue weighted by atomic mass is 16.3. The van der Waals surface area contributed by atoms with Crippen molar-refractivity contribution in [3.05, 3.63) is 0 Å². The summed E-state index contributed by atoms with van der Waals surface area (Å²) in [5.41, 5.74) is 0. The number of aliphatic hydroxyl groups excluding tert-OH is 1. The molecule has 90 valence electrons. The van der Waals surface area contributed by atoms with E-state index < -0.39 is 0 Å². The first-order chi connectivity index (χ1) is 7.58. The van der Waals surface area contributed by atoms with Gasteiger partial charge < -0.3 is 14.8 Å². The van der Waals surface area contributed by atoms with E-state index in [1.807, 2.05) is 4.90 Å². The van der Waals surface area contributed by atoms with Crippen molar-refractivity contribution in [1.82, 2.24) is 4.90 Å². The lowest BCUT2D eigenvalue weighted by molar-refractivity contribution is -0.132. The Balaban J connectivity index is 1.84. The molecule has 0 aromatic heterocycles. The molecule has 3 atom stereocenters. The van der Waals surface area contributed by atoms with E-state index in [9.17, 15) is 14.7 Å². The maximum atomic E-state index is 11.8. The van der Waals surface area contributed by atoms with Gasteiger partial charge in [0.05, 0.1) is 6.10 Å². The molecule has 1 heterocycles. The van der Waals surface area contributed by atoms with Crippen LogP contribution in [0.25, 0.3) is 0 Å². The average molecular weight is 225 g/mol. The van der Waals surface area contributed by atoms with Gasteiger partial charge in [-0.05, 0) is 25.7 Å². The van der Waals surface area contributed by atoms with E-state index in [0.29, 0.717) is 25.3 Å². The van der Waals surface area contributed by atoms with Crippen LogP contribution in [0.2, 0.25) is 0 Å². The van der Waals surface area contributed by atoms with Gasteiger partial charge in [0.15, 0.2) is 0 Å². The van der Waals surface area contributed by atoms with Crippen molar-refractivity contribution in [2.75, 3.05) is 13.1 Å². The molecule has 1 aliphatic carbocycles. The Hall–Kier alpha value is -0.900. The number of aliphatic hydroxyl groups is 1. The van der Waals surface area contributed by atoms with Crippen molar-refractivity contribution in [3.8, 4) is 0 Å². The summed E-state index contributed by atoms with van der Waals surface area (Å²) in [5, 5.41) is 9.72. The molecule has 1 saturated carbocycles. The number of carbonyl (C=O) groups excluding carboxylic acids is 2. The average Bonchev–Trinajstić information content (AvgIpc) is 2.78. The van der Waals surface area contributed by atoms with E-state index in [4.69, 9.17) is 0 Å². The number of Topliss-reactive ketones (excluding diaryl/α,β-unsaturated/α-hetero) is 1. The van der Waals surface area contributed by atoms with E-state index in [1.54, 1.807) is 0 Å². The summed E-state index contributed by atoms with van der Waals surface area (Å²) in [6.45, 7) is 2.97. The van der Waals surface area contributed by atoms with E-state index in [2.05, 4.69) is 0 Å². The number of hydrogen-bond acceptors (Lipinski definition) is 3. The second-order valence-electron chi connectivity index (χ2n) is 5.07. The molecule has 1 aliphatic heterocycles. The second-order valence-corrected chi connectivity index (χ2v) is 5.07. The highest BCUT2D eigenvalue weighted by Gasteiger charge is 2.42. The lowest BCUT2D eigenvalue weighted by Crippen LogP contribution is -2.31. The Bertz CT molecular complexity index is 303. The molecule has 0 bridgehead atoms. The number of rotatable bonds is 3. The Morgan fingerprint density at radius 2 is 2.00 bits per heavy atom. The van der Waals surface area contributed by atoms with Crippen molar-refractivity contribution >= 4 is 11.7 Å². The van der Waals surface area contributed by atoms with Gasteiger partial charge in [-0.25, -0.2) is 0 Å². The third kappa shape index (κ3) is 2.26. The smallest absolute Gasteiger partial charge is 0.223 e. The highest BCUT2D eigenvalue weighted by Crippen LogP contribution is 2.38. The van der Waals surface area contributed by atoms with Crippen molar-refractivity contribution in [2.24, 2.45) is 11.8 Å². The van der Waals surface area contributed by atoms with Gasteiger partial charge in [-0.15, -0.1) is 0 Å². The summed E-state index contributed by atoms with van der Waals surface area (Å²) in [6, 6.07) is 0. The van der Waals surface area contributed by atoms with Gasteiger partial charge >= 0.3 is 0 Å². The molecule has 4 heteroatoms. The number of nitrogens with zero attached hydrogens (tertiary/aromatic N) is 1.